The highest BCUT2D eigenvalue weighted by atomic mass is 16.5. The van der Waals surface area contributed by atoms with Crippen molar-refractivity contribution in [2.75, 3.05) is 7.11 Å². The van der Waals surface area contributed by atoms with E-state index in [9.17, 15) is 9.90 Å². The van der Waals surface area contributed by atoms with Crippen LogP contribution in [-0.4, -0.2) is 28.0 Å². The zero-order chi connectivity index (χ0) is 25.7. The van der Waals surface area contributed by atoms with Gasteiger partial charge in [0.15, 0.2) is 0 Å². The summed E-state index contributed by atoms with van der Waals surface area (Å²) in [7, 11) is 3.68. The summed E-state index contributed by atoms with van der Waals surface area (Å²) in [5.41, 5.74) is 6.50. The third-order valence-corrected chi connectivity index (χ3v) is 7.90. The molecule has 3 aromatic rings. The van der Waals surface area contributed by atoms with Gasteiger partial charge in [-0.1, -0.05) is 39.0 Å². The van der Waals surface area contributed by atoms with Gasteiger partial charge in [0.25, 0.3) is 0 Å². The molecule has 36 heavy (non-hydrogen) atoms. The third kappa shape index (κ3) is 4.43. The lowest BCUT2D eigenvalue weighted by Crippen LogP contribution is -2.21. The Labute approximate surface area is 213 Å². The van der Waals surface area contributed by atoms with Crippen molar-refractivity contribution in [1.29, 1.82) is 0 Å². The lowest BCUT2D eigenvalue weighted by molar-refractivity contribution is -0.139. The van der Waals surface area contributed by atoms with Crippen LogP contribution in [-0.2, 0) is 35.0 Å². The van der Waals surface area contributed by atoms with Crippen LogP contribution in [0.2, 0.25) is 0 Å². The molecule has 190 valence electrons. The molecule has 5 rings (SSSR count). The first-order valence-corrected chi connectivity index (χ1v) is 12.8. The molecule has 1 saturated carbocycles. The Balaban J connectivity index is 1.42. The number of rotatable bonds is 7. The number of hydrogen-bond acceptors (Lipinski definition) is 4. The van der Waals surface area contributed by atoms with Gasteiger partial charge in [0.05, 0.1) is 18.2 Å². The van der Waals surface area contributed by atoms with Gasteiger partial charge in [0.1, 0.15) is 12.4 Å². The monoisotopic (exact) mass is 488 g/mol. The average molecular weight is 489 g/mol. The van der Waals surface area contributed by atoms with Gasteiger partial charge >= 0.3 is 5.97 Å². The summed E-state index contributed by atoms with van der Waals surface area (Å²) in [4.78, 5) is 11.7. The summed E-state index contributed by atoms with van der Waals surface area (Å²) in [6.07, 6.45) is 7.56. The molecule has 1 heterocycles. The molecule has 6 heteroatoms. The highest BCUT2D eigenvalue weighted by molar-refractivity contribution is 5.78. The Morgan fingerprint density at radius 2 is 2.06 bits per heavy atom. The summed E-state index contributed by atoms with van der Waals surface area (Å²) >= 11 is 0. The standard InChI is InChI=1S/C30H36N2O4/c1-29(2,3)27(35-5)24-13-19(8-11-23(24)21-16-31-32(4)17-21)18-36-22-10-9-20-7-6-12-30(25(20)14-22)15-26(30)28(33)34/h8-11,13-14,16-17,26-27H,6-7,12,15,18H2,1-5H3,(H,33,34). The highest BCUT2D eigenvalue weighted by Gasteiger charge is 2.60. The van der Waals surface area contributed by atoms with Crippen molar-refractivity contribution in [2.45, 2.75) is 64.6 Å². The zero-order valence-electron chi connectivity index (χ0n) is 21.9. The Hall–Kier alpha value is -3.12. The summed E-state index contributed by atoms with van der Waals surface area (Å²) in [5.74, 6) is -0.150. The Morgan fingerprint density at radius 1 is 1.25 bits per heavy atom. The van der Waals surface area contributed by atoms with Crippen LogP contribution in [0, 0.1) is 11.3 Å². The quantitative estimate of drug-likeness (QED) is 0.436. The second kappa shape index (κ2) is 9.07. The van der Waals surface area contributed by atoms with E-state index < -0.39 is 5.97 Å². The van der Waals surface area contributed by atoms with Crippen molar-refractivity contribution in [1.82, 2.24) is 9.78 Å². The van der Waals surface area contributed by atoms with E-state index in [1.54, 1.807) is 7.11 Å². The number of aliphatic carboxylic acids is 1. The molecule has 3 atom stereocenters. The van der Waals surface area contributed by atoms with E-state index in [0.29, 0.717) is 6.61 Å². The minimum Gasteiger partial charge on any atom is -0.489 e. The number of fused-ring (bicyclic) bond motifs is 2. The van der Waals surface area contributed by atoms with E-state index in [1.165, 1.54) is 11.1 Å². The van der Waals surface area contributed by atoms with E-state index in [-0.39, 0.29) is 22.9 Å². The Kier molecular flexibility index (Phi) is 6.19. The van der Waals surface area contributed by atoms with Gasteiger partial charge in [-0.15, -0.1) is 0 Å². The largest absolute Gasteiger partial charge is 0.489 e. The van der Waals surface area contributed by atoms with Crippen molar-refractivity contribution in [3.05, 3.63) is 71.0 Å². The number of hydrogen-bond donors (Lipinski definition) is 1. The molecule has 2 aromatic carbocycles. The van der Waals surface area contributed by atoms with E-state index in [0.717, 1.165) is 53.7 Å². The maximum absolute atomic E-state index is 11.7. The second-order valence-corrected chi connectivity index (χ2v) is 11.5. The van der Waals surface area contributed by atoms with E-state index >= 15 is 0 Å². The maximum atomic E-state index is 11.7. The van der Waals surface area contributed by atoms with Gasteiger partial charge in [-0.05, 0) is 77.1 Å². The van der Waals surface area contributed by atoms with Gasteiger partial charge in [0, 0.05) is 31.3 Å². The number of methoxy groups -OCH3 is 1. The number of ether oxygens (including phenoxy) is 2. The molecule has 0 amide bonds. The fraction of sp³-hybridized carbons (Fsp3) is 0.467. The lowest BCUT2D eigenvalue weighted by atomic mass is 9.78. The second-order valence-electron chi connectivity index (χ2n) is 11.5. The number of carboxylic acids is 1. The topological polar surface area (TPSA) is 73.6 Å². The van der Waals surface area contributed by atoms with Crippen LogP contribution in [0.5, 0.6) is 5.75 Å². The molecule has 0 aliphatic heterocycles. The van der Waals surface area contributed by atoms with E-state index in [2.05, 4.69) is 56.2 Å². The third-order valence-electron chi connectivity index (χ3n) is 7.90. The van der Waals surface area contributed by atoms with Crippen LogP contribution in [0.1, 0.15) is 68.4 Å². The highest BCUT2D eigenvalue weighted by Crippen LogP contribution is 2.60. The fourth-order valence-electron chi connectivity index (χ4n) is 6.11. The van der Waals surface area contributed by atoms with Gasteiger partial charge in [-0.2, -0.15) is 5.10 Å². The predicted molar refractivity (Wildman–Crippen MR) is 139 cm³/mol. The zero-order valence-corrected chi connectivity index (χ0v) is 21.9. The minimum atomic E-state index is -0.679. The molecule has 0 radical (unpaired) electrons. The molecule has 1 aromatic heterocycles. The number of benzene rings is 2. The SMILES string of the molecule is COC(c1cc(COc2ccc3c(c2)C2(CCC3)CC2C(=O)O)ccc1-c1cnn(C)c1)C(C)(C)C. The Bertz CT molecular complexity index is 1290. The molecule has 1 spiro atoms. The van der Waals surface area contributed by atoms with Crippen LogP contribution in [0.3, 0.4) is 0 Å². The number of nitrogens with zero attached hydrogens (tertiary/aromatic N) is 2. The fourth-order valence-corrected chi connectivity index (χ4v) is 6.11. The van der Waals surface area contributed by atoms with E-state index in [1.807, 2.05) is 30.2 Å². The van der Waals surface area contributed by atoms with Crippen molar-refractivity contribution >= 4 is 5.97 Å². The number of carboxylic acid groups (broad SMARTS) is 1. The number of aromatic nitrogens is 2. The Morgan fingerprint density at radius 3 is 2.69 bits per heavy atom. The van der Waals surface area contributed by atoms with Gasteiger partial charge < -0.3 is 14.6 Å². The van der Waals surface area contributed by atoms with Crippen molar-refractivity contribution < 1.29 is 19.4 Å². The maximum Gasteiger partial charge on any atom is 0.307 e. The van der Waals surface area contributed by atoms with Crippen molar-refractivity contribution in [3.63, 3.8) is 0 Å². The summed E-state index contributed by atoms with van der Waals surface area (Å²) in [6, 6.07) is 12.7. The molecule has 1 N–H and O–H groups in total. The van der Waals surface area contributed by atoms with Crippen LogP contribution >= 0.6 is 0 Å². The first-order valence-electron chi connectivity index (χ1n) is 12.8. The molecule has 2 aliphatic carbocycles. The summed E-state index contributed by atoms with van der Waals surface area (Å²) in [6.45, 7) is 6.97. The number of carbonyl (C=O) groups is 1. The molecule has 0 bridgehead atoms. The first kappa shape index (κ1) is 24.6. The number of aryl methyl sites for hydroxylation is 2. The van der Waals surface area contributed by atoms with Gasteiger partial charge in [0.2, 0.25) is 0 Å². The van der Waals surface area contributed by atoms with Gasteiger partial charge in [-0.3, -0.25) is 9.48 Å². The van der Waals surface area contributed by atoms with Crippen LogP contribution in [0.4, 0.5) is 0 Å². The minimum absolute atomic E-state index is 0.0943. The van der Waals surface area contributed by atoms with Crippen molar-refractivity contribution in [3.8, 4) is 16.9 Å². The van der Waals surface area contributed by atoms with Crippen LogP contribution in [0.25, 0.3) is 11.1 Å². The lowest BCUT2D eigenvalue weighted by Gasteiger charge is -2.31. The predicted octanol–water partition coefficient (Wildman–Crippen LogP) is 6.08. The molecule has 1 fully saturated rings. The van der Waals surface area contributed by atoms with Crippen molar-refractivity contribution in [2.24, 2.45) is 18.4 Å². The van der Waals surface area contributed by atoms with Gasteiger partial charge in [-0.25, -0.2) is 0 Å². The normalized spacial score (nSPS) is 21.8. The summed E-state index contributed by atoms with van der Waals surface area (Å²) < 4.78 is 14.1. The summed E-state index contributed by atoms with van der Waals surface area (Å²) in [5, 5.41) is 14.0. The average Bonchev–Trinajstić information content (AvgIpc) is 3.39. The van der Waals surface area contributed by atoms with Crippen LogP contribution < -0.4 is 4.74 Å². The molecule has 6 nitrogen and oxygen atoms in total. The molecular weight excluding hydrogens is 452 g/mol. The molecule has 3 unspecified atom stereocenters. The molecule has 0 saturated heterocycles. The van der Waals surface area contributed by atoms with E-state index in [4.69, 9.17) is 9.47 Å². The molecule has 2 aliphatic rings. The first-order chi connectivity index (χ1) is 17.1. The molecular formula is C30H36N2O4. The van der Waals surface area contributed by atoms with Crippen LogP contribution in [0.15, 0.2) is 48.8 Å². The smallest absolute Gasteiger partial charge is 0.307 e.